The van der Waals surface area contributed by atoms with Crippen molar-refractivity contribution < 1.29 is 26.4 Å². The van der Waals surface area contributed by atoms with E-state index in [1.54, 1.807) is 11.0 Å². The first-order valence-electron chi connectivity index (χ1n) is 7.97. The quantitative estimate of drug-likeness (QED) is 0.755. The van der Waals surface area contributed by atoms with E-state index in [1.165, 1.54) is 6.07 Å². The number of carbonyl (C=O) groups is 1. The predicted molar refractivity (Wildman–Crippen MR) is 84.3 cm³/mol. The van der Waals surface area contributed by atoms with Crippen molar-refractivity contribution in [2.45, 2.75) is 29.8 Å². The van der Waals surface area contributed by atoms with Gasteiger partial charge in [0, 0.05) is 25.0 Å². The Hall–Kier alpha value is -1.61. The second-order valence-electron chi connectivity index (χ2n) is 6.88. The fraction of sp³-hybridized carbons (Fsp3) is 0.562. The first-order chi connectivity index (χ1) is 11.7. The van der Waals surface area contributed by atoms with Crippen LogP contribution in [0, 0.1) is 5.41 Å². The molecular weight excluding hydrogens is 357 g/mol. The molecule has 1 aromatic rings. The zero-order valence-electron chi connectivity index (χ0n) is 13.5. The van der Waals surface area contributed by atoms with Crippen LogP contribution in [0.25, 0.3) is 0 Å². The molecule has 0 bridgehead atoms. The summed E-state index contributed by atoms with van der Waals surface area (Å²) in [6.45, 7) is 3.51. The summed E-state index contributed by atoms with van der Waals surface area (Å²) >= 11 is 0. The van der Waals surface area contributed by atoms with Gasteiger partial charge in [0.2, 0.25) is 6.41 Å². The first kappa shape index (κ1) is 18.2. The molecule has 2 aliphatic rings. The molecule has 2 aliphatic heterocycles. The lowest BCUT2D eigenvalue weighted by Gasteiger charge is -2.52. The average molecular weight is 376 g/mol. The molecule has 2 heterocycles. The smallest absolute Gasteiger partial charge is 0.344 e. The Labute approximate surface area is 144 Å². The van der Waals surface area contributed by atoms with E-state index >= 15 is 0 Å². The highest BCUT2D eigenvalue weighted by molar-refractivity contribution is 7.92. The van der Waals surface area contributed by atoms with E-state index in [0.717, 1.165) is 57.6 Å². The van der Waals surface area contributed by atoms with Crippen molar-refractivity contribution >= 4 is 16.2 Å². The van der Waals surface area contributed by atoms with Crippen molar-refractivity contribution in [3.63, 3.8) is 0 Å². The number of sulfone groups is 1. The molecule has 0 radical (unpaired) electrons. The Bertz CT molecular complexity index is 748. The van der Waals surface area contributed by atoms with Gasteiger partial charge in [0.25, 0.3) is 9.84 Å². The summed E-state index contributed by atoms with van der Waals surface area (Å²) in [5.41, 5.74) is -4.57. The van der Waals surface area contributed by atoms with Gasteiger partial charge < -0.3 is 4.90 Å². The average Bonchev–Trinajstić information content (AvgIpc) is 2.53. The maximum absolute atomic E-state index is 12.7. The van der Waals surface area contributed by atoms with E-state index in [4.69, 9.17) is 0 Å². The molecule has 0 atom stereocenters. The normalized spacial score (nSPS) is 21.2. The highest BCUT2D eigenvalue weighted by atomic mass is 32.2. The molecule has 138 valence electrons. The number of hydrogen-bond donors (Lipinski definition) is 0. The molecule has 25 heavy (non-hydrogen) atoms. The van der Waals surface area contributed by atoms with Crippen LogP contribution >= 0.6 is 0 Å². The number of likely N-dealkylation sites (tertiary alicyclic amines) is 2. The fourth-order valence-corrected chi connectivity index (χ4v) is 4.43. The zero-order valence-corrected chi connectivity index (χ0v) is 14.3. The van der Waals surface area contributed by atoms with Gasteiger partial charge in [-0.1, -0.05) is 12.1 Å². The standard InChI is InChI=1S/C16H19F3N2O3S/c17-16(18,19)25(23,24)14-3-1-2-13(8-14)9-20-6-4-15(5-7-20)10-21(11-15)12-22/h1-3,8,12H,4-7,9-11H2. The molecule has 0 aromatic heterocycles. The minimum Gasteiger partial charge on any atom is -0.344 e. The number of benzene rings is 1. The number of amides is 1. The molecule has 9 heteroatoms. The van der Waals surface area contributed by atoms with Crippen LogP contribution < -0.4 is 0 Å². The molecule has 5 nitrogen and oxygen atoms in total. The van der Waals surface area contributed by atoms with Crippen LogP contribution in [0.4, 0.5) is 13.2 Å². The van der Waals surface area contributed by atoms with Gasteiger partial charge in [0.15, 0.2) is 0 Å². The van der Waals surface area contributed by atoms with Gasteiger partial charge in [-0.15, -0.1) is 0 Å². The summed E-state index contributed by atoms with van der Waals surface area (Å²) in [5, 5.41) is 0. The molecule has 0 unspecified atom stereocenters. The van der Waals surface area contributed by atoms with E-state index in [-0.39, 0.29) is 5.41 Å². The molecule has 0 N–H and O–H groups in total. The molecule has 1 aromatic carbocycles. The van der Waals surface area contributed by atoms with Gasteiger partial charge in [0.1, 0.15) is 0 Å². The maximum atomic E-state index is 12.7. The molecule has 1 spiro atoms. The monoisotopic (exact) mass is 376 g/mol. The lowest BCUT2D eigenvalue weighted by atomic mass is 9.72. The number of carbonyl (C=O) groups excluding carboxylic acids is 1. The Morgan fingerprint density at radius 1 is 1.16 bits per heavy atom. The third-order valence-electron chi connectivity index (χ3n) is 5.06. The Morgan fingerprint density at radius 3 is 2.36 bits per heavy atom. The Morgan fingerprint density at radius 2 is 1.80 bits per heavy atom. The van der Waals surface area contributed by atoms with Crippen LogP contribution in [0.5, 0.6) is 0 Å². The van der Waals surface area contributed by atoms with Gasteiger partial charge in [-0.05, 0) is 43.6 Å². The van der Waals surface area contributed by atoms with Gasteiger partial charge in [0.05, 0.1) is 4.90 Å². The zero-order chi connectivity index (χ0) is 18.3. The molecule has 2 saturated heterocycles. The third kappa shape index (κ3) is 3.52. The Kier molecular flexibility index (Phi) is 4.57. The summed E-state index contributed by atoms with van der Waals surface area (Å²) in [6, 6.07) is 5.05. The number of halogens is 3. The SMILES string of the molecule is O=CN1CC2(CCN(Cc3cccc(S(=O)(=O)C(F)(F)F)c3)CC2)C1. The van der Waals surface area contributed by atoms with Crippen molar-refractivity contribution in [3.05, 3.63) is 29.8 Å². The largest absolute Gasteiger partial charge is 0.501 e. The van der Waals surface area contributed by atoms with Crippen LogP contribution in [0.2, 0.25) is 0 Å². The summed E-state index contributed by atoms with van der Waals surface area (Å²) in [7, 11) is -5.32. The minimum atomic E-state index is -5.32. The van der Waals surface area contributed by atoms with Gasteiger partial charge in [-0.3, -0.25) is 9.69 Å². The fourth-order valence-electron chi connectivity index (χ4n) is 3.59. The molecule has 0 aliphatic carbocycles. The van der Waals surface area contributed by atoms with Crippen LogP contribution in [-0.4, -0.2) is 56.3 Å². The minimum absolute atomic E-state index is 0.179. The second-order valence-corrected chi connectivity index (χ2v) is 8.82. The van der Waals surface area contributed by atoms with E-state index < -0.39 is 20.2 Å². The lowest BCUT2D eigenvalue weighted by molar-refractivity contribution is -0.132. The molecule has 2 fully saturated rings. The third-order valence-corrected chi connectivity index (χ3v) is 6.55. The lowest BCUT2D eigenvalue weighted by Crippen LogP contribution is -2.59. The van der Waals surface area contributed by atoms with Gasteiger partial charge in [-0.2, -0.15) is 13.2 Å². The number of piperidine rings is 1. The van der Waals surface area contributed by atoms with Crippen molar-refractivity contribution in [2.24, 2.45) is 5.41 Å². The van der Waals surface area contributed by atoms with E-state index in [2.05, 4.69) is 4.90 Å². The maximum Gasteiger partial charge on any atom is 0.501 e. The Balaban J connectivity index is 1.63. The summed E-state index contributed by atoms with van der Waals surface area (Å²) in [5.74, 6) is 0. The van der Waals surface area contributed by atoms with Gasteiger partial charge >= 0.3 is 5.51 Å². The van der Waals surface area contributed by atoms with Crippen molar-refractivity contribution in [2.75, 3.05) is 26.2 Å². The molecule has 1 amide bonds. The van der Waals surface area contributed by atoms with Crippen LogP contribution in [0.3, 0.4) is 0 Å². The topological polar surface area (TPSA) is 57.7 Å². The number of alkyl halides is 3. The van der Waals surface area contributed by atoms with Crippen LogP contribution in [0.1, 0.15) is 18.4 Å². The van der Waals surface area contributed by atoms with Gasteiger partial charge in [-0.25, -0.2) is 8.42 Å². The second kappa shape index (κ2) is 6.28. The van der Waals surface area contributed by atoms with Crippen LogP contribution in [-0.2, 0) is 21.2 Å². The summed E-state index contributed by atoms with van der Waals surface area (Å²) < 4.78 is 61.1. The summed E-state index contributed by atoms with van der Waals surface area (Å²) in [4.78, 5) is 13.8. The summed E-state index contributed by atoms with van der Waals surface area (Å²) in [6.07, 6.45) is 2.71. The van der Waals surface area contributed by atoms with E-state index in [1.807, 2.05) is 0 Å². The van der Waals surface area contributed by atoms with Crippen LogP contribution in [0.15, 0.2) is 29.2 Å². The first-order valence-corrected chi connectivity index (χ1v) is 9.46. The number of nitrogens with zero attached hydrogens (tertiary/aromatic N) is 2. The van der Waals surface area contributed by atoms with Crippen molar-refractivity contribution in [3.8, 4) is 0 Å². The molecule has 3 rings (SSSR count). The van der Waals surface area contributed by atoms with E-state index in [9.17, 15) is 26.4 Å². The highest BCUT2D eigenvalue weighted by Gasteiger charge is 2.47. The molecular formula is C16H19F3N2O3S. The number of rotatable bonds is 4. The van der Waals surface area contributed by atoms with E-state index in [0.29, 0.717) is 12.1 Å². The molecule has 0 saturated carbocycles. The highest BCUT2D eigenvalue weighted by Crippen LogP contribution is 2.40. The van der Waals surface area contributed by atoms with Crippen molar-refractivity contribution in [1.29, 1.82) is 0 Å². The predicted octanol–water partition coefficient (Wildman–Crippen LogP) is 2.03. The van der Waals surface area contributed by atoms with Crippen molar-refractivity contribution in [1.82, 2.24) is 9.80 Å². The number of hydrogen-bond acceptors (Lipinski definition) is 4.